The molecule has 14 heavy (non-hydrogen) atoms. The Morgan fingerprint density at radius 2 is 2.07 bits per heavy atom. The maximum Gasteiger partial charge on any atom is 0.288 e. The average Bonchev–Trinajstić information content (AvgIpc) is 2.22. The predicted octanol–water partition coefficient (Wildman–Crippen LogP) is 0.122. The first-order valence-electron chi connectivity index (χ1n) is 4.71. The number of carbonyl (C=O) groups excluding carboxylic acids is 1. The highest BCUT2D eigenvalue weighted by molar-refractivity contribution is 6.37. The standard InChI is InChI=1S/C9H18N4O/c1-4-13(5-2)7-6-12-9(14)8(10)11-3/h10H,3-7H2,1-2H3,(H,12,14). The monoisotopic (exact) mass is 198 g/mol. The van der Waals surface area contributed by atoms with Gasteiger partial charge in [-0.25, -0.2) is 4.99 Å². The highest BCUT2D eigenvalue weighted by Crippen LogP contribution is 1.84. The van der Waals surface area contributed by atoms with E-state index in [1.165, 1.54) is 0 Å². The normalized spacial score (nSPS) is 9.93. The topological polar surface area (TPSA) is 68.5 Å². The number of nitrogens with zero attached hydrogens (tertiary/aromatic N) is 2. The van der Waals surface area contributed by atoms with Gasteiger partial charge in [0.2, 0.25) is 5.84 Å². The summed E-state index contributed by atoms with van der Waals surface area (Å²) >= 11 is 0. The SMILES string of the molecule is C=NC(=N)C(=O)NCCN(CC)CC. The Kier molecular flexibility index (Phi) is 6.57. The van der Waals surface area contributed by atoms with Crippen LogP contribution in [0.2, 0.25) is 0 Å². The van der Waals surface area contributed by atoms with Gasteiger partial charge in [-0.3, -0.25) is 10.2 Å². The molecular weight excluding hydrogens is 180 g/mol. The largest absolute Gasteiger partial charge is 0.348 e. The lowest BCUT2D eigenvalue weighted by Crippen LogP contribution is -2.37. The molecule has 0 rings (SSSR count). The van der Waals surface area contributed by atoms with Gasteiger partial charge in [0.15, 0.2) is 0 Å². The summed E-state index contributed by atoms with van der Waals surface area (Å²) < 4.78 is 0. The summed E-state index contributed by atoms with van der Waals surface area (Å²) in [7, 11) is 0. The van der Waals surface area contributed by atoms with Gasteiger partial charge in [0, 0.05) is 13.1 Å². The van der Waals surface area contributed by atoms with E-state index in [1.54, 1.807) is 0 Å². The number of likely N-dealkylation sites (N-methyl/N-ethyl adjacent to an activating group) is 1. The maximum atomic E-state index is 11.0. The molecule has 0 unspecified atom stereocenters. The maximum absolute atomic E-state index is 11.0. The minimum absolute atomic E-state index is 0.329. The first-order valence-corrected chi connectivity index (χ1v) is 4.71. The summed E-state index contributed by atoms with van der Waals surface area (Å²) in [5, 5.41) is 9.66. The van der Waals surface area contributed by atoms with Crippen LogP contribution in [0, 0.1) is 5.41 Å². The van der Waals surface area contributed by atoms with E-state index >= 15 is 0 Å². The quantitative estimate of drug-likeness (QED) is 0.487. The summed E-state index contributed by atoms with van der Waals surface area (Å²) in [6.07, 6.45) is 0. The molecule has 0 bridgehead atoms. The van der Waals surface area contributed by atoms with Gasteiger partial charge in [-0.2, -0.15) is 0 Å². The lowest BCUT2D eigenvalue weighted by molar-refractivity contribution is -0.115. The lowest BCUT2D eigenvalue weighted by Gasteiger charge is -2.17. The Balaban J connectivity index is 3.68. The molecule has 0 saturated carbocycles. The Labute approximate surface area is 84.7 Å². The smallest absolute Gasteiger partial charge is 0.288 e. The van der Waals surface area contributed by atoms with Crippen molar-refractivity contribution in [1.82, 2.24) is 10.2 Å². The fourth-order valence-electron chi connectivity index (χ4n) is 1.02. The van der Waals surface area contributed by atoms with Crippen molar-refractivity contribution in [3.8, 4) is 0 Å². The molecule has 2 N–H and O–H groups in total. The second kappa shape index (κ2) is 7.20. The van der Waals surface area contributed by atoms with Crippen molar-refractivity contribution in [1.29, 1.82) is 5.41 Å². The Hall–Kier alpha value is -1.23. The molecular formula is C9H18N4O. The molecule has 0 fully saturated rings. The van der Waals surface area contributed by atoms with E-state index in [0.717, 1.165) is 19.6 Å². The van der Waals surface area contributed by atoms with E-state index in [1.807, 2.05) is 0 Å². The number of amides is 1. The molecule has 0 saturated heterocycles. The third-order valence-corrected chi connectivity index (χ3v) is 1.98. The van der Waals surface area contributed by atoms with Crippen molar-refractivity contribution in [3.63, 3.8) is 0 Å². The molecule has 0 aromatic rings. The molecule has 0 spiro atoms. The number of nitrogens with one attached hydrogen (secondary N) is 2. The van der Waals surface area contributed by atoms with Crippen LogP contribution >= 0.6 is 0 Å². The molecule has 0 radical (unpaired) electrons. The van der Waals surface area contributed by atoms with Gasteiger partial charge in [0.05, 0.1) is 0 Å². The number of rotatable bonds is 5. The van der Waals surface area contributed by atoms with Gasteiger partial charge in [-0.1, -0.05) is 13.8 Å². The minimum Gasteiger partial charge on any atom is -0.348 e. The van der Waals surface area contributed by atoms with Crippen LogP contribution in [0.4, 0.5) is 0 Å². The molecule has 0 aromatic heterocycles. The second-order valence-electron chi connectivity index (χ2n) is 2.79. The van der Waals surface area contributed by atoms with Crippen molar-refractivity contribution < 1.29 is 4.79 Å². The van der Waals surface area contributed by atoms with Gasteiger partial charge in [-0.15, -0.1) is 0 Å². The molecule has 0 heterocycles. The summed E-state index contributed by atoms with van der Waals surface area (Å²) in [6, 6.07) is 0. The van der Waals surface area contributed by atoms with E-state index in [2.05, 4.69) is 35.8 Å². The number of amidine groups is 1. The summed E-state index contributed by atoms with van der Waals surface area (Å²) in [4.78, 5) is 16.5. The van der Waals surface area contributed by atoms with Crippen molar-refractivity contribution in [3.05, 3.63) is 0 Å². The highest BCUT2D eigenvalue weighted by atomic mass is 16.2. The van der Waals surface area contributed by atoms with E-state index in [9.17, 15) is 4.79 Å². The van der Waals surface area contributed by atoms with Crippen molar-refractivity contribution >= 4 is 18.5 Å². The van der Waals surface area contributed by atoms with Gasteiger partial charge in [-0.05, 0) is 19.8 Å². The van der Waals surface area contributed by atoms with E-state index in [-0.39, 0.29) is 5.84 Å². The van der Waals surface area contributed by atoms with Gasteiger partial charge >= 0.3 is 0 Å². The molecule has 0 aliphatic heterocycles. The fourth-order valence-corrected chi connectivity index (χ4v) is 1.02. The molecule has 0 aliphatic carbocycles. The zero-order chi connectivity index (χ0) is 11.0. The van der Waals surface area contributed by atoms with Crippen LogP contribution in [0.25, 0.3) is 0 Å². The fraction of sp³-hybridized carbons (Fsp3) is 0.667. The zero-order valence-electron chi connectivity index (χ0n) is 8.84. The van der Waals surface area contributed by atoms with Crippen molar-refractivity contribution in [2.24, 2.45) is 4.99 Å². The average molecular weight is 198 g/mol. The van der Waals surface area contributed by atoms with Crippen LogP contribution < -0.4 is 5.32 Å². The van der Waals surface area contributed by atoms with Crippen LogP contribution in [0.3, 0.4) is 0 Å². The predicted molar refractivity (Wildman–Crippen MR) is 58.1 cm³/mol. The van der Waals surface area contributed by atoms with Crippen molar-refractivity contribution in [2.45, 2.75) is 13.8 Å². The Morgan fingerprint density at radius 1 is 1.50 bits per heavy atom. The first kappa shape index (κ1) is 12.8. The molecule has 5 nitrogen and oxygen atoms in total. The second-order valence-corrected chi connectivity index (χ2v) is 2.79. The Morgan fingerprint density at radius 3 is 2.50 bits per heavy atom. The molecule has 0 aliphatic rings. The summed E-state index contributed by atoms with van der Waals surface area (Å²) in [5.74, 6) is -0.795. The minimum atomic E-state index is -0.466. The van der Waals surface area contributed by atoms with Crippen LogP contribution in [0.1, 0.15) is 13.8 Å². The molecule has 5 heteroatoms. The van der Waals surface area contributed by atoms with Crippen LogP contribution in [0.15, 0.2) is 4.99 Å². The first-order chi connectivity index (χ1) is 6.65. The van der Waals surface area contributed by atoms with Crippen LogP contribution in [-0.4, -0.2) is 49.5 Å². The van der Waals surface area contributed by atoms with Gasteiger partial charge in [0.25, 0.3) is 5.91 Å². The van der Waals surface area contributed by atoms with Crippen LogP contribution in [-0.2, 0) is 4.79 Å². The third kappa shape index (κ3) is 4.71. The molecule has 0 atom stereocenters. The van der Waals surface area contributed by atoms with E-state index in [0.29, 0.717) is 6.54 Å². The number of carbonyl (C=O) groups is 1. The molecule has 1 amide bonds. The number of hydrogen-bond donors (Lipinski definition) is 2. The van der Waals surface area contributed by atoms with Crippen molar-refractivity contribution in [2.75, 3.05) is 26.2 Å². The Bertz CT molecular complexity index is 211. The summed E-state index contributed by atoms with van der Waals surface area (Å²) in [6.45, 7) is 10.5. The van der Waals surface area contributed by atoms with Gasteiger partial charge in [0.1, 0.15) is 0 Å². The van der Waals surface area contributed by atoms with E-state index < -0.39 is 5.91 Å². The number of aliphatic imine (C=N–C) groups is 1. The summed E-state index contributed by atoms with van der Waals surface area (Å²) in [5.41, 5.74) is 0. The molecule has 80 valence electrons. The highest BCUT2D eigenvalue weighted by Gasteiger charge is 2.06. The zero-order valence-corrected chi connectivity index (χ0v) is 8.84. The molecule has 0 aromatic carbocycles. The van der Waals surface area contributed by atoms with Crippen LogP contribution in [0.5, 0.6) is 0 Å². The van der Waals surface area contributed by atoms with Gasteiger partial charge < -0.3 is 10.2 Å². The third-order valence-electron chi connectivity index (χ3n) is 1.98. The van der Waals surface area contributed by atoms with E-state index in [4.69, 9.17) is 5.41 Å². The number of hydrogen-bond acceptors (Lipinski definition) is 3. The lowest BCUT2D eigenvalue weighted by atomic mass is 10.4.